The van der Waals surface area contributed by atoms with Crippen LogP contribution in [0.2, 0.25) is 5.02 Å². The molecular formula is C16H16ClN3O. The monoisotopic (exact) mass is 301 g/mol. The fraction of sp³-hybridized carbons (Fsp3) is 0.188. The second-order valence-electron chi connectivity index (χ2n) is 4.82. The molecule has 4 nitrogen and oxygen atoms in total. The smallest absolute Gasteiger partial charge is 0.206 e. The average Bonchev–Trinajstić information content (AvgIpc) is 2.77. The van der Waals surface area contributed by atoms with Crippen LogP contribution in [-0.2, 0) is 0 Å². The lowest BCUT2D eigenvalue weighted by atomic mass is 10.2. The van der Waals surface area contributed by atoms with Gasteiger partial charge in [-0.3, -0.25) is 4.57 Å². The molecule has 0 radical (unpaired) electrons. The van der Waals surface area contributed by atoms with Gasteiger partial charge >= 0.3 is 0 Å². The van der Waals surface area contributed by atoms with Crippen molar-refractivity contribution in [1.29, 1.82) is 0 Å². The Morgan fingerprint density at radius 2 is 2.10 bits per heavy atom. The fourth-order valence-corrected chi connectivity index (χ4v) is 2.73. The number of benzene rings is 2. The van der Waals surface area contributed by atoms with Gasteiger partial charge in [0, 0.05) is 0 Å². The molecule has 2 aromatic carbocycles. The van der Waals surface area contributed by atoms with Crippen LogP contribution in [0.4, 0.5) is 5.95 Å². The molecule has 1 heterocycles. The van der Waals surface area contributed by atoms with Gasteiger partial charge in [-0.25, -0.2) is 4.98 Å². The lowest BCUT2D eigenvalue weighted by molar-refractivity contribution is 0.344. The van der Waals surface area contributed by atoms with Gasteiger partial charge < -0.3 is 10.5 Å². The molecule has 0 aliphatic heterocycles. The van der Waals surface area contributed by atoms with Crippen molar-refractivity contribution in [2.24, 2.45) is 0 Å². The summed E-state index contributed by atoms with van der Waals surface area (Å²) in [5, 5.41) is 0.641. The van der Waals surface area contributed by atoms with E-state index in [1.54, 1.807) is 0 Å². The number of nitrogens with two attached hydrogens (primary N) is 1. The molecule has 0 spiro atoms. The molecule has 5 heteroatoms. The summed E-state index contributed by atoms with van der Waals surface area (Å²) in [4.78, 5) is 4.43. The molecule has 0 unspecified atom stereocenters. The second kappa shape index (κ2) is 5.30. The van der Waals surface area contributed by atoms with Crippen molar-refractivity contribution in [1.82, 2.24) is 9.55 Å². The predicted octanol–water partition coefficient (Wildman–Crippen LogP) is 3.97. The van der Waals surface area contributed by atoms with Crippen LogP contribution in [0, 0.1) is 6.92 Å². The minimum atomic E-state index is 0.392. The van der Waals surface area contributed by atoms with Crippen molar-refractivity contribution in [3.8, 4) is 11.4 Å². The number of nitrogen functional groups attached to an aromatic ring is 1. The van der Waals surface area contributed by atoms with Crippen LogP contribution in [0.3, 0.4) is 0 Å². The molecule has 2 N–H and O–H groups in total. The highest BCUT2D eigenvalue weighted by atomic mass is 35.5. The number of hydrogen-bond acceptors (Lipinski definition) is 3. The molecule has 0 aliphatic rings. The van der Waals surface area contributed by atoms with Crippen molar-refractivity contribution in [2.75, 3.05) is 12.3 Å². The zero-order chi connectivity index (χ0) is 15.0. The van der Waals surface area contributed by atoms with Gasteiger partial charge in [0.05, 0.1) is 22.8 Å². The maximum Gasteiger partial charge on any atom is 0.206 e. The Hall–Kier alpha value is -2.20. The molecule has 0 aliphatic carbocycles. The van der Waals surface area contributed by atoms with Crippen molar-refractivity contribution in [3.05, 3.63) is 47.0 Å². The third-order valence-electron chi connectivity index (χ3n) is 3.32. The van der Waals surface area contributed by atoms with Crippen molar-refractivity contribution in [3.63, 3.8) is 0 Å². The Labute approximate surface area is 128 Å². The fourth-order valence-electron chi connectivity index (χ4n) is 2.41. The number of aryl methyl sites for hydroxylation is 1. The Morgan fingerprint density at radius 3 is 2.81 bits per heavy atom. The SMILES string of the molecule is CCOc1cccc2c1nc(N)n2-c1ccc(C)cc1Cl. The first-order valence-corrected chi connectivity index (χ1v) is 7.16. The number of para-hydroxylation sites is 1. The summed E-state index contributed by atoms with van der Waals surface area (Å²) >= 11 is 6.36. The number of anilines is 1. The van der Waals surface area contributed by atoms with E-state index in [1.807, 2.05) is 54.8 Å². The van der Waals surface area contributed by atoms with Crippen LogP contribution in [0.25, 0.3) is 16.7 Å². The second-order valence-corrected chi connectivity index (χ2v) is 5.22. The molecule has 0 amide bonds. The standard InChI is InChI=1S/C16H16ClN3O/c1-3-21-14-6-4-5-13-15(14)19-16(18)20(13)12-8-7-10(2)9-11(12)17/h4-9H,3H2,1-2H3,(H2,18,19). The summed E-state index contributed by atoms with van der Waals surface area (Å²) in [7, 11) is 0. The highest BCUT2D eigenvalue weighted by molar-refractivity contribution is 6.32. The third kappa shape index (κ3) is 2.32. The minimum Gasteiger partial charge on any atom is -0.492 e. The van der Waals surface area contributed by atoms with Gasteiger partial charge in [-0.15, -0.1) is 0 Å². The Balaban J connectivity index is 2.28. The summed E-state index contributed by atoms with van der Waals surface area (Å²) < 4.78 is 7.46. The summed E-state index contributed by atoms with van der Waals surface area (Å²) in [5.74, 6) is 1.12. The number of rotatable bonds is 3. The van der Waals surface area contributed by atoms with Gasteiger partial charge in [-0.1, -0.05) is 23.7 Å². The summed E-state index contributed by atoms with van der Waals surface area (Å²) in [5.41, 5.74) is 9.63. The molecule has 0 saturated carbocycles. The van der Waals surface area contributed by atoms with Gasteiger partial charge in [-0.05, 0) is 43.7 Å². The zero-order valence-electron chi connectivity index (χ0n) is 11.9. The number of fused-ring (bicyclic) bond motifs is 1. The van der Waals surface area contributed by atoms with Gasteiger partial charge in [0.1, 0.15) is 11.3 Å². The van der Waals surface area contributed by atoms with E-state index in [2.05, 4.69) is 4.98 Å². The molecule has 0 bridgehead atoms. The first kappa shape index (κ1) is 13.8. The largest absolute Gasteiger partial charge is 0.492 e. The first-order chi connectivity index (χ1) is 10.1. The number of nitrogens with zero attached hydrogens (tertiary/aromatic N) is 2. The van der Waals surface area contributed by atoms with Crippen molar-refractivity contribution < 1.29 is 4.74 Å². The molecule has 3 rings (SSSR count). The number of hydrogen-bond donors (Lipinski definition) is 1. The Bertz CT molecular complexity index is 811. The van der Waals surface area contributed by atoms with Crippen molar-refractivity contribution in [2.45, 2.75) is 13.8 Å². The lowest BCUT2D eigenvalue weighted by Gasteiger charge is -2.10. The summed E-state index contributed by atoms with van der Waals surface area (Å²) in [6.07, 6.45) is 0. The molecule has 21 heavy (non-hydrogen) atoms. The normalized spacial score (nSPS) is 11.0. The van der Waals surface area contributed by atoms with Crippen LogP contribution in [0.5, 0.6) is 5.75 Å². The molecule has 1 aromatic heterocycles. The van der Waals surface area contributed by atoms with E-state index in [1.165, 1.54) is 0 Å². The highest BCUT2D eigenvalue weighted by Gasteiger charge is 2.15. The first-order valence-electron chi connectivity index (χ1n) is 6.78. The number of halogens is 1. The molecular weight excluding hydrogens is 286 g/mol. The molecule has 0 fully saturated rings. The third-order valence-corrected chi connectivity index (χ3v) is 3.62. The van der Waals surface area contributed by atoms with Crippen LogP contribution in [-0.4, -0.2) is 16.2 Å². The van der Waals surface area contributed by atoms with Gasteiger partial charge in [0.25, 0.3) is 0 Å². The highest BCUT2D eigenvalue weighted by Crippen LogP contribution is 2.32. The quantitative estimate of drug-likeness (QED) is 0.796. The van der Waals surface area contributed by atoms with Crippen LogP contribution >= 0.6 is 11.6 Å². The summed E-state index contributed by atoms with van der Waals surface area (Å²) in [6, 6.07) is 11.6. The Kier molecular flexibility index (Phi) is 3.47. The van der Waals surface area contributed by atoms with Crippen molar-refractivity contribution >= 4 is 28.6 Å². The minimum absolute atomic E-state index is 0.392. The van der Waals surface area contributed by atoms with Crippen LogP contribution in [0.15, 0.2) is 36.4 Å². The van der Waals surface area contributed by atoms with E-state index in [9.17, 15) is 0 Å². The number of aromatic nitrogens is 2. The van der Waals surface area contributed by atoms with Crippen LogP contribution in [0.1, 0.15) is 12.5 Å². The van der Waals surface area contributed by atoms with Crippen LogP contribution < -0.4 is 10.5 Å². The maximum absolute atomic E-state index is 6.36. The lowest BCUT2D eigenvalue weighted by Crippen LogP contribution is -2.01. The molecule has 3 aromatic rings. The van der Waals surface area contributed by atoms with Gasteiger partial charge in [-0.2, -0.15) is 0 Å². The zero-order valence-corrected chi connectivity index (χ0v) is 12.7. The van der Waals surface area contributed by atoms with E-state index in [-0.39, 0.29) is 0 Å². The molecule has 108 valence electrons. The van der Waals surface area contributed by atoms with E-state index in [0.717, 1.165) is 28.0 Å². The predicted molar refractivity (Wildman–Crippen MR) is 86.4 cm³/mol. The number of imidazole rings is 1. The molecule has 0 atom stereocenters. The van der Waals surface area contributed by atoms with E-state index in [4.69, 9.17) is 22.1 Å². The van der Waals surface area contributed by atoms with E-state index < -0.39 is 0 Å². The summed E-state index contributed by atoms with van der Waals surface area (Å²) in [6.45, 7) is 4.52. The molecule has 0 saturated heterocycles. The van der Waals surface area contributed by atoms with Gasteiger partial charge in [0.2, 0.25) is 5.95 Å². The topological polar surface area (TPSA) is 53.1 Å². The Morgan fingerprint density at radius 1 is 1.29 bits per heavy atom. The number of ether oxygens (including phenoxy) is 1. The van der Waals surface area contributed by atoms with E-state index in [0.29, 0.717) is 17.6 Å². The van der Waals surface area contributed by atoms with Gasteiger partial charge in [0.15, 0.2) is 0 Å². The van der Waals surface area contributed by atoms with E-state index >= 15 is 0 Å². The maximum atomic E-state index is 6.36. The average molecular weight is 302 g/mol.